The molecule has 8 heteroatoms. The summed E-state index contributed by atoms with van der Waals surface area (Å²) in [4.78, 5) is 25.0. The molecule has 7 nitrogen and oxygen atoms in total. The van der Waals surface area contributed by atoms with E-state index in [0.29, 0.717) is 17.3 Å². The minimum atomic E-state index is -0.714. The first-order valence-corrected chi connectivity index (χ1v) is 6.10. The minimum Gasteiger partial charge on any atom is -0.303 e. The predicted octanol–water partition coefficient (Wildman–Crippen LogP) is 1.06. The summed E-state index contributed by atoms with van der Waals surface area (Å²) in [7, 11) is 0. The Hall–Kier alpha value is -1.83. The number of rotatable bonds is 3. The third-order valence-electron chi connectivity index (χ3n) is 2.64. The van der Waals surface area contributed by atoms with Gasteiger partial charge in [0.25, 0.3) is 0 Å². The van der Waals surface area contributed by atoms with Crippen molar-refractivity contribution in [2.45, 2.75) is 13.2 Å². The fraction of sp³-hybridized carbons (Fsp3) is 0.273. The highest BCUT2D eigenvalue weighted by Crippen LogP contribution is 2.21. The number of imide groups is 1. The molecule has 0 radical (unpaired) electrons. The van der Waals surface area contributed by atoms with Crippen LogP contribution in [-0.4, -0.2) is 29.9 Å². The van der Waals surface area contributed by atoms with Crippen LogP contribution in [0.25, 0.3) is 0 Å². The van der Waals surface area contributed by atoms with E-state index in [1.165, 1.54) is 0 Å². The number of nitrogens with one attached hydrogen (secondary N) is 2. The largest absolute Gasteiger partial charge is 0.349 e. The summed E-state index contributed by atoms with van der Waals surface area (Å²) in [6.45, 7) is 2.41. The molecule has 1 heterocycles. The van der Waals surface area contributed by atoms with Gasteiger partial charge in [-0.05, 0) is 30.8 Å². The molecule has 1 aliphatic heterocycles. The molecular weight excluding hydrogens is 270 g/mol. The van der Waals surface area contributed by atoms with Crippen LogP contribution < -0.4 is 21.4 Å². The number of nitrogens with two attached hydrogens (primary N) is 1. The Morgan fingerprint density at radius 2 is 2.00 bits per heavy atom. The van der Waals surface area contributed by atoms with Crippen molar-refractivity contribution in [2.24, 2.45) is 5.84 Å². The molecule has 1 fully saturated rings. The normalized spacial score (nSPS) is 19.6. The van der Waals surface area contributed by atoms with Crippen LogP contribution in [0.5, 0.6) is 0 Å². The standard InChI is InChI=1S/C11H14ClN5O2/c1-2-14-9-15-10(18)16(11(19)17(9)13)8-5-3-7(12)4-6-8/h3-6,9,14H,2,13H2,1H3,(H,15,18). The third kappa shape index (κ3) is 2.62. The Kier molecular flexibility index (Phi) is 3.89. The predicted molar refractivity (Wildman–Crippen MR) is 71.3 cm³/mol. The molecule has 102 valence electrons. The molecule has 4 amide bonds. The number of urea groups is 2. The number of carbonyl (C=O) groups is 2. The van der Waals surface area contributed by atoms with Crippen LogP contribution in [0.1, 0.15) is 6.92 Å². The van der Waals surface area contributed by atoms with Crippen molar-refractivity contribution in [3.8, 4) is 0 Å². The van der Waals surface area contributed by atoms with Crippen molar-refractivity contribution in [2.75, 3.05) is 11.4 Å². The molecule has 0 aromatic heterocycles. The van der Waals surface area contributed by atoms with E-state index in [9.17, 15) is 9.59 Å². The molecule has 0 spiro atoms. The van der Waals surface area contributed by atoms with E-state index >= 15 is 0 Å². The lowest BCUT2D eigenvalue weighted by Gasteiger charge is -2.38. The second-order valence-electron chi connectivity index (χ2n) is 3.91. The van der Waals surface area contributed by atoms with Crippen LogP contribution in [0.4, 0.5) is 15.3 Å². The summed E-state index contributed by atoms with van der Waals surface area (Å²) in [5.74, 6) is 5.67. The van der Waals surface area contributed by atoms with E-state index in [2.05, 4.69) is 10.6 Å². The number of hydrogen-bond acceptors (Lipinski definition) is 4. The number of amides is 4. The van der Waals surface area contributed by atoms with E-state index in [1.807, 2.05) is 6.92 Å². The van der Waals surface area contributed by atoms with Gasteiger partial charge in [0.15, 0.2) is 6.29 Å². The molecule has 1 unspecified atom stereocenters. The first-order valence-electron chi connectivity index (χ1n) is 5.72. The van der Waals surface area contributed by atoms with Gasteiger partial charge in [0, 0.05) is 5.02 Å². The fourth-order valence-electron chi connectivity index (χ4n) is 1.72. The highest BCUT2D eigenvalue weighted by atomic mass is 35.5. The monoisotopic (exact) mass is 283 g/mol. The minimum absolute atomic E-state index is 0.400. The van der Waals surface area contributed by atoms with Gasteiger partial charge in [-0.15, -0.1) is 0 Å². The highest BCUT2D eigenvalue weighted by molar-refractivity contribution is 6.30. The van der Waals surface area contributed by atoms with Crippen LogP contribution >= 0.6 is 11.6 Å². The number of benzene rings is 1. The fourth-order valence-corrected chi connectivity index (χ4v) is 1.85. The maximum Gasteiger partial charge on any atom is 0.349 e. The first-order chi connectivity index (χ1) is 9.04. The van der Waals surface area contributed by atoms with Crippen molar-refractivity contribution in [3.05, 3.63) is 29.3 Å². The van der Waals surface area contributed by atoms with Gasteiger partial charge in [0.2, 0.25) is 0 Å². The smallest absolute Gasteiger partial charge is 0.303 e. The van der Waals surface area contributed by atoms with Crippen molar-refractivity contribution in [3.63, 3.8) is 0 Å². The molecule has 0 aliphatic carbocycles. The van der Waals surface area contributed by atoms with E-state index in [1.54, 1.807) is 24.3 Å². The molecular formula is C11H14ClN5O2. The van der Waals surface area contributed by atoms with Crippen molar-refractivity contribution >= 4 is 29.4 Å². The van der Waals surface area contributed by atoms with Gasteiger partial charge in [-0.1, -0.05) is 18.5 Å². The Labute approximate surface area is 115 Å². The number of hydrogen-bond donors (Lipinski definition) is 3. The van der Waals surface area contributed by atoms with Gasteiger partial charge in [-0.2, -0.15) is 0 Å². The van der Waals surface area contributed by atoms with Crippen LogP contribution in [0.3, 0.4) is 0 Å². The Morgan fingerprint density at radius 1 is 1.37 bits per heavy atom. The molecule has 0 saturated carbocycles. The highest BCUT2D eigenvalue weighted by Gasteiger charge is 2.37. The quantitative estimate of drug-likeness (QED) is 0.571. The average molecular weight is 284 g/mol. The zero-order valence-electron chi connectivity index (χ0n) is 10.3. The summed E-state index contributed by atoms with van der Waals surface area (Å²) in [6, 6.07) is 5.17. The maximum absolute atomic E-state index is 12.1. The van der Waals surface area contributed by atoms with Crippen LogP contribution in [0, 0.1) is 0 Å². The zero-order valence-corrected chi connectivity index (χ0v) is 11.0. The summed E-state index contributed by atoms with van der Waals surface area (Å²) >= 11 is 5.77. The molecule has 1 aliphatic rings. The molecule has 4 N–H and O–H groups in total. The number of halogens is 1. The molecule has 1 atom stereocenters. The van der Waals surface area contributed by atoms with E-state index in [-0.39, 0.29) is 0 Å². The topological polar surface area (TPSA) is 90.7 Å². The molecule has 0 bridgehead atoms. The van der Waals surface area contributed by atoms with Crippen LogP contribution in [-0.2, 0) is 0 Å². The zero-order chi connectivity index (χ0) is 14.0. The van der Waals surface area contributed by atoms with E-state index in [4.69, 9.17) is 17.4 Å². The second kappa shape index (κ2) is 5.43. The van der Waals surface area contributed by atoms with Gasteiger partial charge in [0.05, 0.1) is 5.69 Å². The molecule has 1 saturated heterocycles. The molecule has 2 rings (SSSR count). The Morgan fingerprint density at radius 3 is 2.58 bits per heavy atom. The van der Waals surface area contributed by atoms with Crippen molar-refractivity contribution in [1.82, 2.24) is 15.6 Å². The SMILES string of the molecule is CCNC1NC(=O)N(c2ccc(Cl)cc2)C(=O)N1N. The maximum atomic E-state index is 12.1. The first kappa shape index (κ1) is 13.6. The Bertz CT molecular complexity index is 492. The lowest BCUT2D eigenvalue weighted by molar-refractivity contribution is 0.139. The van der Waals surface area contributed by atoms with Crippen LogP contribution in [0.2, 0.25) is 5.02 Å². The third-order valence-corrected chi connectivity index (χ3v) is 2.89. The molecule has 1 aromatic carbocycles. The average Bonchev–Trinajstić information content (AvgIpc) is 2.38. The van der Waals surface area contributed by atoms with Gasteiger partial charge < -0.3 is 5.32 Å². The van der Waals surface area contributed by atoms with Gasteiger partial charge in [-0.25, -0.2) is 25.3 Å². The van der Waals surface area contributed by atoms with Crippen molar-refractivity contribution in [1.29, 1.82) is 0 Å². The van der Waals surface area contributed by atoms with Gasteiger partial charge in [0.1, 0.15) is 0 Å². The van der Waals surface area contributed by atoms with E-state index < -0.39 is 18.4 Å². The summed E-state index contributed by atoms with van der Waals surface area (Å²) < 4.78 is 0. The summed E-state index contributed by atoms with van der Waals surface area (Å²) in [5.41, 5.74) is 0.400. The Balaban J connectivity index is 2.25. The molecule has 19 heavy (non-hydrogen) atoms. The summed E-state index contributed by atoms with van der Waals surface area (Å²) in [6.07, 6.45) is -0.714. The second-order valence-corrected chi connectivity index (χ2v) is 4.35. The van der Waals surface area contributed by atoms with Gasteiger partial charge in [-0.3, -0.25) is 5.32 Å². The van der Waals surface area contributed by atoms with E-state index in [0.717, 1.165) is 9.91 Å². The number of hydrazine groups is 1. The summed E-state index contributed by atoms with van der Waals surface area (Å²) in [5, 5.41) is 6.91. The number of carbonyl (C=O) groups excluding carboxylic acids is 2. The lowest BCUT2D eigenvalue weighted by atomic mass is 10.3. The number of nitrogens with zero attached hydrogens (tertiary/aromatic N) is 2. The van der Waals surface area contributed by atoms with Crippen LogP contribution in [0.15, 0.2) is 24.3 Å². The number of anilines is 1. The van der Waals surface area contributed by atoms with Crippen molar-refractivity contribution < 1.29 is 9.59 Å². The van der Waals surface area contributed by atoms with Gasteiger partial charge >= 0.3 is 12.1 Å². The molecule has 1 aromatic rings. The lowest BCUT2D eigenvalue weighted by Crippen LogP contribution is -2.71.